The minimum absolute atomic E-state index is 0.647. The van der Waals surface area contributed by atoms with Crippen LogP contribution in [0.1, 0.15) is 58.8 Å². The number of hydrogen-bond acceptors (Lipinski definition) is 2. The second kappa shape index (κ2) is 8.42. The molecule has 0 amide bonds. The molecule has 1 N–H and O–H groups in total. The Balaban J connectivity index is 2.16. The number of thioether (sulfide) groups is 1. The molecule has 0 aromatic heterocycles. The summed E-state index contributed by atoms with van der Waals surface area (Å²) in [5, 5.41) is 3.72. The van der Waals surface area contributed by atoms with Crippen molar-refractivity contribution in [2.24, 2.45) is 11.3 Å². The quantitative estimate of drug-likeness (QED) is 0.617. The molecule has 0 aromatic rings. The Morgan fingerprint density at radius 1 is 1.18 bits per heavy atom. The Labute approximate surface area is 113 Å². The molecule has 0 aliphatic heterocycles. The zero-order valence-electron chi connectivity index (χ0n) is 12.1. The Morgan fingerprint density at radius 3 is 2.47 bits per heavy atom. The van der Waals surface area contributed by atoms with Gasteiger partial charge in [-0.1, -0.05) is 26.7 Å². The topological polar surface area (TPSA) is 12.0 Å². The lowest BCUT2D eigenvalue weighted by atomic mass is 9.78. The molecule has 17 heavy (non-hydrogen) atoms. The van der Waals surface area contributed by atoms with E-state index in [0.29, 0.717) is 5.41 Å². The molecule has 0 atom stereocenters. The van der Waals surface area contributed by atoms with Crippen molar-refractivity contribution >= 4 is 11.8 Å². The highest BCUT2D eigenvalue weighted by molar-refractivity contribution is 7.98. The van der Waals surface area contributed by atoms with Crippen molar-refractivity contribution in [2.45, 2.75) is 58.8 Å². The van der Waals surface area contributed by atoms with Gasteiger partial charge in [0.15, 0.2) is 0 Å². The smallest absolute Gasteiger partial charge is 0.000790 e. The predicted octanol–water partition coefficient (Wildman–Crippen LogP) is 4.33. The van der Waals surface area contributed by atoms with Crippen molar-refractivity contribution in [3.05, 3.63) is 0 Å². The second-order valence-corrected chi connectivity index (χ2v) is 7.17. The summed E-state index contributed by atoms with van der Waals surface area (Å²) in [4.78, 5) is 0. The molecule has 0 heterocycles. The third-order valence-electron chi connectivity index (χ3n) is 3.96. The maximum atomic E-state index is 3.72. The van der Waals surface area contributed by atoms with Crippen molar-refractivity contribution in [3.63, 3.8) is 0 Å². The van der Waals surface area contributed by atoms with Gasteiger partial charge in [-0.25, -0.2) is 0 Å². The van der Waals surface area contributed by atoms with Crippen molar-refractivity contribution in [2.75, 3.05) is 25.1 Å². The van der Waals surface area contributed by atoms with E-state index in [1.165, 1.54) is 63.8 Å². The average Bonchev–Trinajstić information content (AvgIpc) is 2.71. The standard InChI is InChI=1S/C15H31NS/c1-14(2)12-15(8-4-5-9-15)13-16-10-6-7-11-17-3/h14,16H,4-13H2,1-3H3. The molecule has 0 spiro atoms. The number of hydrogen-bond donors (Lipinski definition) is 1. The molecule has 1 aliphatic carbocycles. The molecule has 0 unspecified atom stereocenters. The van der Waals surface area contributed by atoms with E-state index in [4.69, 9.17) is 0 Å². The van der Waals surface area contributed by atoms with E-state index < -0.39 is 0 Å². The normalized spacial score (nSPS) is 19.1. The van der Waals surface area contributed by atoms with Gasteiger partial charge in [-0.05, 0) is 62.0 Å². The Kier molecular flexibility index (Phi) is 7.61. The summed E-state index contributed by atoms with van der Waals surface area (Å²) in [6.45, 7) is 7.24. The molecule has 1 saturated carbocycles. The summed E-state index contributed by atoms with van der Waals surface area (Å²) in [6, 6.07) is 0. The van der Waals surface area contributed by atoms with Crippen molar-refractivity contribution in [1.29, 1.82) is 0 Å². The third kappa shape index (κ3) is 6.15. The minimum Gasteiger partial charge on any atom is -0.316 e. The van der Waals surface area contributed by atoms with Crippen molar-refractivity contribution < 1.29 is 0 Å². The SMILES string of the molecule is CSCCCCNCC1(CC(C)C)CCCC1. The van der Waals surface area contributed by atoms with Gasteiger partial charge in [0.1, 0.15) is 0 Å². The molecule has 1 nitrogen and oxygen atoms in total. The van der Waals surface area contributed by atoms with Gasteiger partial charge < -0.3 is 5.32 Å². The van der Waals surface area contributed by atoms with E-state index in [9.17, 15) is 0 Å². The third-order valence-corrected chi connectivity index (χ3v) is 4.65. The van der Waals surface area contributed by atoms with E-state index in [1.807, 2.05) is 11.8 Å². The van der Waals surface area contributed by atoms with Crippen molar-refractivity contribution in [3.8, 4) is 0 Å². The van der Waals surface area contributed by atoms with E-state index in [2.05, 4.69) is 25.4 Å². The van der Waals surface area contributed by atoms with E-state index in [-0.39, 0.29) is 0 Å². The average molecular weight is 257 g/mol. The lowest BCUT2D eigenvalue weighted by molar-refractivity contribution is 0.224. The monoisotopic (exact) mass is 257 g/mol. The summed E-state index contributed by atoms with van der Waals surface area (Å²) >= 11 is 1.96. The van der Waals surface area contributed by atoms with Gasteiger partial charge in [0.2, 0.25) is 0 Å². The fraction of sp³-hybridized carbons (Fsp3) is 1.00. The zero-order valence-corrected chi connectivity index (χ0v) is 12.9. The molecule has 102 valence electrons. The summed E-state index contributed by atoms with van der Waals surface area (Å²) < 4.78 is 0. The molecule has 2 heteroatoms. The van der Waals surface area contributed by atoms with Crippen LogP contribution >= 0.6 is 11.8 Å². The van der Waals surface area contributed by atoms with Crippen LogP contribution in [0.2, 0.25) is 0 Å². The fourth-order valence-corrected chi connectivity index (χ4v) is 3.79. The Morgan fingerprint density at radius 2 is 1.88 bits per heavy atom. The number of nitrogens with one attached hydrogen (secondary N) is 1. The molecule has 0 aromatic carbocycles. The van der Waals surface area contributed by atoms with Gasteiger partial charge >= 0.3 is 0 Å². The van der Waals surface area contributed by atoms with Crippen LogP contribution in [0.5, 0.6) is 0 Å². The molecular formula is C15H31NS. The van der Waals surface area contributed by atoms with Crippen LogP contribution in [0, 0.1) is 11.3 Å². The summed E-state index contributed by atoms with van der Waals surface area (Å²) in [6.07, 6.45) is 12.2. The second-order valence-electron chi connectivity index (χ2n) is 6.18. The lowest BCUT2D eigenvalue weighted by Crippen LogP contribution is -2.33. The van der Waals surface area contributed by atoms with Gasteiger partial charge in [-0.2, -0.15) is 11.8 Å². The minimum atomic E-state index is 0.647. The Bertz CT molecular complexity index is 185. The van der Waals surface area contributed by atoms with Gasteiger partial charge in [0.05, 0.1) is 0 Å². The highest BCUT2D eigenvalue weighted by Gasteiger charge is 2.33. The fourth-order valence-electron chi connectivity index (χ4n) is 3.29. The molecule has 0 saturated heterocycles. The molecule has 0 bridgehead atoms. The number of rotatable bonds is 9. The van der Waals surface area contributed by atoms with E-state index >= 15 is 0 Å². The highest BCUT2D eigenvalue weighted by Crippen LogP contribution is 2.42. The zero-order chi connectivity index (χ0) is 12.6. The highest BCUT2D eigenvalue weighted by atomic mass is 32.2. The molecule has 1 fully saturated rings. The summed E-state index contributed by atoms with van der Waals surface area (Å²) in [5.41, 5.74) is 0.647. The molecule has 0 radical (unpaired) electrons. The predicted molar refractivity (Wildman–Crippen MR) is 80.8 cm³/mol. The van der Waals surface area contributed by atoms with Crippen LogP contribution < -0.4 is 5.32 Å². The van der Waals surface area contributed by atoms with Crippen LogP contribution in [-0.2, 0) is 0 Å². The first kappa shape index (κ1) is 15.4. The first-order chi connectivity index (χ1) is 8.18. The van der Waals surface area contributed by atoms with E-state index in [0.717, 1.165) is 5.92 Å². The van der Waals surface area contributed by atoms with Crippen LogP contribution in [0.4, 0.5) is 0 Å². The first-order valence-electron chi connectivity index (χ1n) is 7.38. The first-order valence-corrected chi connectivity index (χ1v) is 8.78. The van der Waals surface area contributed by atoms with Crippen LogP contribution in [-0.4, -0.2) is 25.1 Å². The van der Waals surface area contributed by atoms with Gasteiger partial charge in [0, 0.05) is 6.54 Å². The van der Waals surface area contributed by atoms with Gasteiger partial charge in [-0.15, -0.1) is 0 Å². The van der Waals surface area contributed by atoms with Gasteiger partial charge in [-0.3, -0.25) is 0 Å². The van der Waals surface area contributed by atoms with Crippen LogP contribution in [0.25, 0.3) is 0 Å². The lowest BCUT2D eigenvalue weighted by Gasteiger charge is -2.31. The van der Waals surface area contributed by atoms with E-state index in [1.54, 1.807) is 0 Å². The summed E-state index contributed by atoms with van der Waals surface area (Å²) in [7, 11) is 0. The number of unbranched alkanes of at least 4 members (excludes halogenated alkanes) is 1. The van der Waals surface area contributed by atoms with Crippen molar-refractivity contribution in [1.82, 2.24) is 5.32 Å². The van der Waals surface area contributed by atoms with Crippen LogP contribution in [0.3, 0.4) is 0 Å². The van der Waals surface area contributed by atoms with Crippen LogP contribution in [0.15, 0.2) is 0 Å². The summed E-state index contributed by atoms with van der Waals surface area (Å²) in [5.74, 6) is 2.17. The molecular weight excluding hydrogens is 226 g/mol. The maximum absolute atomic E-state index is 3.72. The molecule has 1 aliphatic rings. The Hall–Kier alpha value is 0.310. The van der Waals surface area contributed by atoms with Gasteiger partial charge in [0.25, 0.3) is 0 Å². The molecule has 1 rings (SSSR count). The maximum Gasteiger partial charge on any atom is 0.000790 e. The largest absolute Gasteiger partial charge is 0.316 e.